The monoisotopic (exact) mass is 218 g/mol. The fourth-order valence-corrected chi connectivity index (χ4v) is 2.96. The van der Waals surface area contributed by atoms with Gasteiger partial charge >= 0.3 is 0 Å². The van der Waals surface area contributed by atoms with E-state index in [9.17, 15) is 4.21 Å². The summed E-state index contributed by atoms with van der Waals surface area (Å²) in [6, 6.07) is 0. The Morgan fingerprint density at radius 1 is 1.29 bits per heavy atom. The van der Waals surface area contributed by atoms with Crippen LogP contribution < -0.4 is 4.72 Å². The second-order valence-electron chi connectivity index (χ2n) is 5.54. The molecule has 0 bridgehead atoms. The fourth-order valence-electron chi connectivity index (χ4n) is 1.76. The highest BCUT2D eigenvalue weighted by molar-refractivity contribution is 7.91. The van der Waals surface area contributed by atoms with Gasteiger partial charge in [-0.15, -0.1) is 0 Å². The third kappa shape index (κ3) is 2.48. The Labute approximate surface area is 87.8 Å². The first-order valence-electron chi connectivity index (χ1n) is 5.24. The summed E-state index contributed by atoms with van der Waals surface area (Å²) in [6.07, 6.45) is 4.45. The summed E-state index contributed by atoms with van der Waals surface area (Å²) in [4.78, 5) is 0. The number of nitrogens with one attached hydrogen (secondary N) is 2. The SMILES string of the molecule is CC1(NS(=N)(=O)C(C)(C)C)CCCC1. The average Bonchev–Trinajstić information content (AvgIpc) is 2.31. The lowest BCUT2D eigenvalue weighted by molar-refractivity contribution is 0.433. The summed E-state index contributed by atoms with van der Waals surface area (Å²) < 4.78 is 22.6. The van der Waals surface area contributed by atoms with Crippen molar-refractivity contribution in [2.75, 3.05) is 0 Å². The molecule has 1 unspecified atom stereocenters. The zero-order valence-electron chi connectivity index (χ0n) is 9.64. The lowest BCUT2D eigenvalue weighted by Crippen LogP contribution is -2.49. The highest BCUT2D eigenvalue weighted by atomic mass is 32.2. The number of hydrogen-bond acceptors (Lipinski definition) is 2. The van der Waals surface area contributed by atoms with Crippen LogP contribution in [-0.2, 0) is 9.92 Å². The van der Waals surface area contributed by atoms with Crippen molar-refractivity contribution in [1.29, 1.82) is 4.78 Å². The number of hydrogen-bond donors (Lipinski definition) is 2. The summed E-state index contributed by atoms with van der Waals surface area (Å²) in [6.45, 7) is 7.65. The summed E-state index contributed by atoms with van der Waals surface area (Å²) in [5, 5.41) is 0. The molecule has 0 aliphatic heterocycles. The molecular weight excluding hydrogens is 196 g/mol. The van der Waals surface area contributed by atoms with E-state index < -0.39 is 14.7 Å². The molecule has 1 aliphatic rings. The normalized spacial score (nSPS) is 26.0. The van der Waals surface area contributed by atoms with Crippen molar-refractivity contribution in [3.63, 3.8) is 0 Å². The van der Waals surface area contributed by atoms with Crippen LogP contribution in [0.25, 0.3) is 0 Å². The highest BCUT2D eigenvalue weighted by Crippen LogP contribution is 2.31. The van der Waals surface area contributed by atoms with Gasteiger partial charge in [-0.05, 0) is 40.5 Å². The molecule has 0 spiro atoms. The molecule has 2 N–H and O–H groups in total. The molecule has 0 aromatic carbocycles. The quantitative estimate of drug-likeness (QED) is 0.735. The first-order valence-corrected chi connectivity index (χ1v) is 6.79. The lowest BCUT2D eigenvalue weighted by atomic mass is 10.0. The molecule has 3 nitrogen and oxygen atoms in total. The van der Waals surface area contributed by atoms with Crippen LogP contribution >= 0.6 is 0 Å². The van der Waals surface area contributed by atoms with E-state index in [0.29, 0.717) is 0 Å². The Morgan fingerprint density at radius 2 is 1.71 bits per heavy atom. The minimum absolute atomic E-state index is 0.0773. The zero-order valence-corrected chi connectivity index (χ0v) is 10.5. The summed E-state index contributed by atoms with van der Waals surface area (Å²) >= 11 is 0. The number of rotatable bonds is 2. The van der Waals surface area contributed by atoms with Crippen LogP contribution in [0.1, 0.15) is 53.4 Å². The van der Waals surface area contributed by atoms with Gasteiger partial charge in [0.1, 0.15) is 9.92 Å². The summed E-state index contributed by atoms with van der Waals surface area (Å²) in [5.74, 6) is 0. The molecule has 0 heterocycles. The van der Waals surface area contributed by atoms with Crippen LogP contribution in [-0.4, -0.2) is 14.5 Å². The van der Waals surface area contributed by atoms with Crippen molar-refractivity contribution in [3.8, 4) is 0 Å². The van der Waals surface area contributed by atoms with Crippen molar-refractivity contribution >= 4 is 9.92 Å². The van der Waals surface area contributed by atoms with E-state index in [1.165, 1.54) is 12.8 Å². The Bertz CT molecular complexity index is 295. The third-order valence-electron chi connectivity index (χ3n) is 2.96. The van der Waals surface area contributed by atoms with Crippen LogP contribution in [0.3, 0.4) is 0 Å². The van der Waals surface area contributed by atoms with Crippen LogP contribution in [0.4, 0.5) is 0 Å². The van der Waals surface area contributed by atoms with Crippen LogP contribution in [0.2, 0.25) is 0 Å². The maximum Gasteiger partial charge on any atom is 0.110 e. The first-order chi connectivity index (χ1) is 6.16. The average molecular weight is 218 g/mol. The van der Waals surface area contributed by atoms with Gasteiger partial charge in [-0.25, -0.2) is 13.7 Å². The molecule has 84 valence electrons. The first kappa shape index (κ1) is 12.0. The minimum atomic E-state index is -2.69. The van der Waals surface area contributed by atoms with Gasteiger partial charge in [0.05, 0.1) is 4.75 Å². The van der Waals surface area contributed by atoms with Crippen LogP contribution in [0.5, 0.6) is 0 Å². The molecule has 1 atom stereocenters. The molecule has 0 aromatic rings. The molecule has 14 heavy (non-hydrogen) atoms. The van der Waals surface area contributed by atoms with Gasteiger partial charge in [-0.1, -0.05) is 12.8 Å². The van der Waals surface area contributed by atoms with Crippen molar-refractivity contribution in [1.82, 2.24) is 4.72 Å². The second kappa shape index (κ2) is 3.49. The molecular formula is C10H22N2OS. The van der Waals surface area contributed by atoms with Crippen LogP contribution in [0.15, 0.2) is 0 Å². The topological polar surface area (TPSA) is 53.0 Å². The van der Waals surface area contributed by atoms with E-state index in [4.69, 9.17) is 4.78 Å². The second-order valence-corrected chi connectivity index (χ2v) is 8.08. The predicted molar refractivity (Wildman–Crippen MR) is 60.6 cm³/mol. The van der Waals surface area contributed by atoms with Gasteiger partial charge in [0, 0.05) is 5.54 Å². The Balaban J connectivity index is 2.78. The molecule has 0 saturated heterocycles. The molecule has 1 saturated carbocycles. The highest BCUT2D eigenvalue weighted by Gasteiger charge is 2.35. The Morgan fingerprint density at radius 3 is 2.07 bits per heavy atom. The van der Waals surface area contributed by atoms with E-state index in [0.717, 1.165) is 12.8 Å². The van der Waals surface area contributed by atoms with Crippen molar-refractivity contribution < 1.29 is 4.21 Å². The van der Waals surface area contributed by atoms with E-state index in [1.54, 1.807) is 0 Å². The third-order valence-corrected chi connectivity index (χ3v) is 5.46. The van der Waals surface area contributed by atoms with Gasteiger partial charge in [0.15, 0.2) is 0 Å². The van der Waals surface area contributed by atoms with Crippen molar-refractivity contribution in [2.45, 2.75) is 63.7 Å². The van der Waals surface area contributed by atoms with Gasteiger partial charge in [-0.2, -0.15) is 0 Å². The summed E-state index contributed by atoms with van der Waals surface area (Å²) in [7, 11) is -2.69. The van der Waals surface area contributed by atoms with Crippen LogP contribution in [0, 0.1) is 4.78 Å². The van der Waals surface area contributed by atoms with E-state index >= 15 is 0 Å². The molecule has 1 aliphatic carbocycles. The maximum absolute atomic E-state index is 12.1. The fraction of sp³-hybridized carbons (Fsp3) is 1.00. The molecule has 4 heteroatoms. The minimum Gasteiger partial charge on any atom is -0.240 e. The van der Waals surface area contributed by atoms with Crippen molar-refractivity contribution in [3.05, 3.63) is 0 Å². The largest absolute Gasteiger partial charge is 0.240 e. The predicted octanol–water partition coefficient (Wildman–Crippen LogP) is 2.67. The molecule has 1 fully saturated rings. The Hall–Kier alpha value is -0.0900. The standard InChI is InChI=1S/C10H22N2OS/c1-9(2,3)14(11,13)12-10(4)7-5-6-8-10/h5-8H2,1-4H3,(H2,11,12,13). The summed E-state index contributed by atoms with van der Waals surface area (Å²) in [5.41, 5.74) is -0.0773. The molecule has 0 amide bonds. The van der Waals surface area contributed by atoms with Gasteiger partial charge in [0.2, 0.25) is 0 Å². The van der Waals surface area contributed by atoms with E-state index in [1.807, 2.05) is 20.8 Å². The lowest BCUT2D eigenvalue weighted by Gasteiger charge is -2.32. The molecule has 0 aromatic heterocycles. The maximum atomic E-state index is 12.1. The van der Waals surface area contributed by atoms with Crippen molar-refractivity contribution in [2.24, 2.45) is 0 Å². The smallest absolute Gasteiger partial charge is 0.110 e. The molecule has 0 radical (unpaired) electrons. The van der Waals surface area contributed by atoms with E-state index in [-0.39, 0.29) is 5.54 Å². The van der Waals surface area contributed by atoms with Gasteiger partial charge < -0.3 is 0 Å². The zero-order chi connectivity index (χ0) is 11.0. The molecule has 1 rings (SSSR count). The Kier molecular flexibility index (Phi) is 2.99. The van der Waals surface area contributed by atoms with Gasteiger partial charge in [0.25, 0.3) is 0 Å². The van der Waals surface area contributed by atoms with Gasteiger partial charge in [-0.3, -0.25) is 0 Å². The van der Waals surface area contributed by atoms with E-state index in [2.05, 4.69) is 11.6 Å².